The minimum Gasteiger partial charge on any atom is -0.377 e. The molecule has 1 amide bonds. The molecule has 2 aromatic rings. The van der Waals surface area contributed by atoms with E-state index in [2.05, 4.69) is 5.32 Å². The van der Waals surface area contributed by atoms with Gasteiger partial charge in [0, 0.05) is 20.2 Å². The summed E-state index contributed by atoms with van der Waals surface area (Å²) in [5, 5.41) is 2.76. The van der Waals surface area contributed by atoms with Gasteiger partial charge in [0.2, 0.25) is 15.9 Å². The number of nitrogens with zero attached hydrogens (tertiary/aromatic N) is 1. The second-order valence-corrected chi connectivity index (χ2v) is 8.78. The standard InChI is InChI=1S/C21H28N2O4S/c1-5-27-15-19-9-7-18(8-10-19)13-22-21(24)14-23(4)28(25,26)20-11-6-16(2)17(3)12-20/h6-12H,5,13-15H2,1-4H3,(H,22,24). The third kappa shape index (κ3) is 5.89. The highest BCUT2D eigenvalue weighted by atomic mass is 32.2. The number of hydrogen-bond acceptors (Lipinski definition) is 4. The Bertz CT molecular complexity index is 909. The van der Waals surface area contributed by atoms with Crippen LogP contribution in [-0.4, -0.2) is 38.8 Å². The maximum atomic E-state index is 12.7. The third-order valence-electron chi connectivity index (χ3n) is 4.54. The number of likely N-dealkylation sites (N-methyl/N-ethyl adjacent to an activating group) is 1. The molecular formula is C21H28N2O4S. The molecule has 0 aliphatic carbocycles. The van der Waals surface area contributed by atoms with E-state index in [0.29, 0.717) is 19.8 Å². The quantitative estimate of drug-likeness (QED) is 0.697. The van der Waals surface area contributed by atoms with Crippen molar-refractivity contribution in [3.8, 4) is 0 Å². The first-order valence-corrected chi connectivity index (χ1v) is 10.6. The normalized spacial score (nSPS) is 11.6. The van der Waals surface area contributed by atoms with E-state index in [9.17, 15) is 13.2 Å². The summed E-state index contributed by atoms with van der Waals surface area (Å²) in [5.41, 5.74) is 3.92. The molecule has 0 aliphatic heterocycles. The van der Waals surface area contributed by atoms with Crippen molar-refractivity contribution in [1.29, 1.82) is 0 Å². The zero-order valence-corrected chi connectivity index (χ0v) is 17.7. The van der Waals surface area contributed by atoms with Crippen LogP contribution in [0.3, 0.4) is 0 Å². The highest BCUT2D eigenvalue weighted by Crippen LogP contribution is 2.18. The lowest BCUT2D eigenvalue weighted by Crippen LogP contribution is -2.38. The Kier molecular flexibility index (Phi) is 7.74. The molecule has 6 nitrogen and oxygen atoms in total. The zero-order chi connectivity index (χ0) is 20.7. The predicted molar refractivity (Wildman–Crippen MR) is 109 cm³/mol. The van der Waals surface area contributed by atoms with E-state index in [0.717, 1.165) is 26.6 Å². The molecule has 0 atom stereocenters. The maximum absolute atomic E-state index is 12.7. The van der Waals surface area contributed by atoms with E-state index >= 15 is 0 Å². The number of carbonyl (C=O) groups excluding carboxylic acids is 1. The van der Waals surface area contributed by atoms with Crippen molar-refractivity contribution >= 4 is 15.9 Å². The summed E-state index contributed by atoms with van der Waals surface area (Å²) in [6.45, 7) is 7.05. The van der Waals surface area contributed by atoms with Gasteiger partial charge in [-0.15, -0.1) is 0 Å². The molecule has 0 aliphatic rings. The predicted octanol–water partition coefficient (Wildman–Crippen LogP) is 2.78. The Labute approximate surface area is 167 Å². The van der Waals surface area contributed by atoms with Gasteiger partial charge in [-0.3, -0.25) is 4.79 Å². The fourth-order valence-electron chi connectivity index (χ4n) is 2.57. The summed E-state index contributed by atoms with van der Waals surface area (Å²) in [5.74, 6) is -0.353. The number of rotatable bonds is 9. The molecule has 28 heavy (non-hydrogen) atoms. The number of nitrogens with one attached hydrogen (secondary N) is 1. The van der Waals surface area contributed by atoms with Crippen LogP contribution in [0.15, 0.2) is 47.4 Å². The summed E-state index contributed by atoms with van der Waals surface area (Å²) in [4.78, 5) is 12.4. The van der Waals surface area contributed by atoms with Gasteiger partial charge in [-0.1, -0.05) is 30.3 Å². The van der Waals surface area contributed by atoms with E-state index in [-0.39, 0.29) is 17.3 Å². The van der Waals surface area contributed by atoms with Crippen LogP contribution < -0.4 is 5.32 Å². The minimum atomic E-state index is -3.71. The lowest BCUT2D eigenvalue weighted by Gasteiger charge is -2.17. The summed E-state index contributed by atoms with van der Waals surface area (Å²) in [7, 11) is -2.30. The fraction of sp³-hybridized carbons (Fsp3) is 0.381. The Morgan fingerprint density at radius 1 is 1.04 bits per heavy atom. The number of carbonyl (C=O) groups is 1. The van der Waals surface area contributed by atoms with Gasteiger partial charge in [-0.25, -0.2) is 8.42 Å². The number of benzene rings is 2. The molecule has 0 radical (unpaired) electrons. The van der Waals surface area contributed by atoms with Crippen LogP contribution in [0.25, 0.3) is 0 Å². The second kappa shape index (κ2) is 9.82. The molecule has 0 aromatic heterocycles. The molecular weight excluding hydrogens is 376 g/mol. The third-order valence-corrected chi connectivity index (χ3v) is 6.34. The molecule has 0 heterocycles. The molecule has 2 aromatic carbocycles. The molecule has 0 fully saturated rings. The van der Waals surface area contributed by atoms with Gasteiger partial charge in [-0.2, -0.15) is 4.31 Å². The van der Waals surface area contributed by atoms with Crippen molar-refractivity contribution in [3.05, 3.63) is 64.7 Å². The largest absolute Gasteiger partial charge is 0.377 e. The van der Waals surface area contributed by atoms with Gasteiger partial charge in [-0.05, 0) is 55.2 Å². The number of hydrogen-bond donors (Lipinski definition) is 1. The van der Waals surface area contributed by atoms with Crippen molar-refractivity contribution in [1.82, 2.24) is 9.62 Å². The van der Waals surface area contributed by atoms with Crippen LogP contribution in [0.5, 0.6) is 0 Å². The highest BCUT2D eigenvalue weighted by Gasteiger charge is 2.23. The minimum absolute atomic E-state index is 0.191. The van der Waals surface area contributed by atoms with Crippen molar-refractivity contribution < 1.29 is 17.9 Å². The van der Waals surface area contributed by atoms with Crippen molar-refractivity contribution in [2.45, 2.75) is 38.8 Å². The molecule has 0 spiro atoms. The topological polar surface area (TPSA) is 75.7 Å². The van der Waals surface area contributed by atoms with Crippen molar-refractivity contribution in [2.24, 2.45) is 0 Å². The van der Waals surface area contributed by atoms with Gasteiger partial charge in [0.1, 0.15) is 0 Å². The van der Waals surface area contributed by atoms with E-state index < -0.39 is 10.0 Å². The zero-order valence-electron chi connectivity index (χ0n) is 16.9. The Balaban J connectivity index is 1.92. The molecule has 152 valence electrons. The first-order chi connectivity index (χ1) is 13.2. The number of ether oxygens (including phenoxy) is 1. The van der Waals surface area contributed by atoms with E-state index in [4.69, 9.17) is 4.74 Å². The number of amides is 1. The van der Waals surface area contributed by atoms with Gasteiger partial charge >= 0.3 is 0 Å². The fourth-order valence-corrected chi connectivity index (χ4v) is 3.78. The van der Waals surface area contributed by atoms with E-state index in [1.165, 1.54) is 7.05 Å². The van der Waals surface area contributed by atoms with Gasteiger partial charge in [0.25, 0.3) is 0 Å². The van der Waals surface area contributed by atoms with Crippen molar-refractivity contribution in [3.63, 3.8) is 0 Å². The van der Waals surface area contributed by atoms with Crippen LogP contribution in [-0.2, 0) is 32.7 Å². The van der Waals surface area contributed by atoms with Crippen LogP contribution in [0.1, 0.15) is 29.2 Å². The molecule has 0 bridgehead atoms. The summed E-state index contributed by atoms with van der Waals surface area (Å²) in [6.07, 6.45) is 0. The molecule has 0 saturated carbocycles. The molecule has 0 saturated heterocycles. The lowest BCUT2D eigenvalue weighted by atomic mass is 10.1. The van der Waals surface area contributed by atoms with E-state index in [1.807, 2.05) is 45.0 Å². The van der Waals surface area contributed by atoms with Gasteiger partial charge in [0.05, 0.1) is 18.0 Å². The monoisotopic (exact) mass is 404 g/mol. The Morgan fingerprint density at radius 2 is 1.68 bits per heavy atom. The molecule has 2 rings (SSSR count). The molecule has 1 N–H and O–H groups in total. The van der Waals surface area contributed by atoms with Gasteiger partial charge < -0.3 is 10.1 Å². The SMILES string of the molecule is CCOCc1ccc(CNC(=O)CN(C)S(=O)(=O)c2ccc(C)c(C)c2)cc1. The Hall–Kier alpha value is -2.22. The van der Waals surface area contributed by atoms with Crippen molar-refractivity contribution in [2.75, 3.05) is 20.2 Å². The first-order valence-electron chi connectivity index (χ1n) is 9.20. The van der Waals surface area contributed by atoms with Crippen LogP contribution >= 0.6 is 0 Å². The summed E-state index contributed by atoms with van der Waals surface area (Å²) in [6, 6.07) is 12.7. The highest BCUT2D eigenvalue weighted by molar-refractivity contribution is 7.89. The first kappa shape index (κ1) is 22.1. The van der Waals surface area contributed by atoms with Crippen LogP contribution in [0.2, 0.25) is 0 Å². The number of sulfonamides is 1. The molecule has 0 unspecified atom stereocenters. The maximum Gasteiger partial charge on any atom is 0.243 e. The average molecular weight is 405 g/mol. The second-order valence-electron chi connectivity index (χ2n) is 6.74. The lowest BCUT2D eigenvalue weighted by molar-refractivity contribution is -0.121. The van der Waals surface area contributed by atoms with Crippen LogP contribution in [0, 0.1) is 13.8 Å². The Morgan fingerprint density at radius 3 is 2.29 bits per heavy atom. The smallest absolute Gasteiger partial charge is 0.243 e. The van der Waals surface area contributed by atoms with Gasteiger partial charge in [0.15, 0.2) is 0 Å². The summed E-state index contributed by atoms with van der Waals surface area (Å²) < 4.78 is 31.7. The molecule has 7 heteroatoms. The van der Waals surface area contributed by atoms with Crippen LogP contribution in [0.4, 0.5) is 0 Å². The average Bonchev–Trinajstić information content (AvgIpc) is 2.67. The van der Waals surface area contributed by atoms with E-state index in [1.54, 1.807) is 18.2 Å². The number of aryl methyl sites for hydroxylation is 2. The summed E-state index contributed by atoms with van der Waals surface area (Å²) >= 11 is 0.